The van der Waals surface area contributed by atoms with Crippen molar-refractivity contribution in [2.24, 2.45) is 0 Å². The molecule has 3 aromatic carbocycles. The third-order valence-corrected chi connectivity index (χ3v) is 5.50. The van der Waals surface area contributed by atoms with Crippen LogP contribution in [0.1, 0.15) is 16.5 Å². The lowest BCUT2D eigenvalue weighted by molar-refractivity contribution is -0.115. The van der Waals surface area contributed by atoms with E-state index in [4.69, 9.17) is 4.74 Å². The molecule has 0 aliphatic carbocycles. The van der Waals surface area contributed by atoms with E-state index >= 15 is 0 Å². The second-order valence-corrected chi connectivity index (χ2v) is 7.32. The van der Waals surface area contributed by atoms with E-state index in [-0.39, 0.29) is 11.3 Å². The van der Waals surface area contributed by atoms with Crippen LogP contribution in [0.25, 0.3) is 0 Å². The maximum absolute atomic E-state index is 12.5. The first kappa shape index (κ1) is 16.7. The molecule has 0 unspecified atom stereocenters. The lowest BCUT2D eigenvalue weighted by Crippen LogP contribution is -2.27. The summed E-state index contributed by atoms with van der Waals surface area (Å²) in [4.78, 5) is 14.4. The summed E-state index contributed by atoms with van der Waals surface area (Å²) in [6.07, 6.45) is 0. The van der Waals surface area contributed by atoms with Crippen molar-refractivity contribution in [2.75, 3.05) is 10.7 Å². The summed E-state index contributed by atoms with van der Waals surface area (Å²) < 4.78 is 5.86. The molecular weight excluding hydrogens is 342 g/mol. The van der Waals surface area contributed by atoms with Crippen LogP contribution >= 0.6 is 11.8 Å². The number of para-hydroxylation sites is 1. The van der Waals surface area contributed by atoms with E-state index in [1.54, 1.807) is 11.8 Å². The second kappa shape index (κ2) is 7.26. The molecule has 1 atom stereocenters. The van der Waals surface area contributed by atoms with Crippen molar-refractivity contribution < 1.29 is 9.53 Å². The van der Waals surface area contributed by atoms with Crippen LogP contribution in [-0.4, -0.2) is 11.7 Å². The molecule has 3 nitrogen and oxygen atoms in total. The van der Waals surface area contributed by atoms with E-state index in [1.807, 2.05) is 84.6 Å². The normalized spacial score (nSPS) is 16.7. The van der Waals surface area contributed by atoms with Gasteiger partial charge >= 0.3 is 0 Å². The zero-order valence-electron chi connectivity index (χ0n) is 14.5. The van der Waals surface area contributed by atoms with Crippen LogP contribution in [0.3, 0.4) is 0 Å². The molecule has 1 saturated heterocycles. The van der Waals surface area contributed by atoms with Gasteiger partial charge in [0.25, 0.3) is 0 Å². The van der Waals surface area contributed by atoms with Crippen molar-refractivity contribution in [1.82, 2.24) is 0 Å². The summed E-state index contributed by atoms with van der Waals surface area (Å²) in [5.74, 6) is 2.25. The summed E-state index contributed by atoms with van der Waals surface area (Å²) in [6, 6.07) is 25.8. The molecule has 0 N–H and O–H groups in total. The number of carbonyl (C=O) groups is 1. The van der Waals surface area contributed by atoms with E-state index in [0.717, 1.165) is 28.3 Å². The molecule has 0 bridgehead atoms. The molecule has 0 spiro atoms. The summed E-state index contributed by atoms with van der Waals surface area (Å²) >= 11 is 1.66. The minimum absolute atomic E-state index is 0.00456. The highest BCUT2D eigenvalue weighted by atomic mass is 32.2. The highest BCUT2D eigenvalue weighted by Crippen LogP contribution is 2.42. The van der Waals surface area contributed by atoms with Crippen LogP contribution in [0.4, 0.5) is 5.69 Å². The fourth-order valence-corrected chi connectivity index (χ4v) is 4.23. The van der Waals surface area contributed by atoms with E-state index in [9.17, 15) is 4.79 Å². The monoisotopic (exact) mass is 361 g/mol. The summed E-state index contributed by atoms with van der Waals surface area (Å²) in [6.45, 7) is 2.04. The van der Waals surface area contributed by atoms with E-state index in [0.29, 0.717) is 5.75 Å². The van der Waals surface area contributed by atoms with Gasteiger partial charge in [0.1, 0.15) is 16.9 Å². The first-order chi connectivity index (χ1) is 12.7. The number of aryl methyl sites for hydroxylation is 1. The molecule has 4 rings (SSSR count). The van der Waals surface area contributed by atoms with Gasteiger partial charge in [0.2, 0.25) is 5.91 Å². The highest BCUT2D eigenvalue weighted by Gasteiger charge is 2.34. The zero-order chi connectivity index (χ0) is 17.9. The first-order valence-corrected chi connectivity index (χ1v) is 9.59. The molecule has 0 radical (unpaired) electrons. The van der Waals surface area contributed by atoms with Gasteiger partial charge in [-0.3, -0.25) is 9.69 Å². The van der Waals surface area contributed by atoms with Gasteiger partial charge in [0.05, 0.1) is 5.75 Å². The van der Waals surface area contributed by atoms with Crippen molar-refractivity contribution >= 4 is 23.4 Å². The van der Waals surface area contributed by atoms with Crippen molar-refractivity contribution in [1.29, 1.82) is 0 Å². The molecule has 0 saturated carbocycles. The van der Waals surface area contributed by atoms with Crippen molar-refractivity contribution in [3.8, 4) is 11.5 Å². The fourth-order valence-electron chi connectivity index (χ4n) is 3.05. The maximum atomic E-state index is 12.5. The van der Waals surface area contributed by atoms with Crippen LogP contribution in [0.15, 0.2) is 78.9 Å². The standard InChI is InChI=1S/C22H19NO2S/c1-16-6-5-7-18(14-16)23-21(24)15-26-22(23)17-10-12-20(13-11-17)25-19-8-3-2-4-9-19/h2-14,22H,15H2,1H3/t22-/m0/s1. The molecule has 1 fully saturated rings. The molecule has 1 amide bonds. The Kier molecular flexibility index (Phi) is 4.67. The van der Waals surface area contributed by atoms with Gasteiger partial charge in [-0.05, 0) is 54.4 Å². The van der Waals surface area contributed by atoms with Gasteiger partial charge in [-0.25, -0.2) is 0 Å². The third-order valence-electron chi connectivity index (χ3n) is 4.29. The minimum atomic E-state index is -0.00456. The van der Waals surface area contributed by atoms with Gasteiger partial charge in [-0.1, -0.05) is 42.5 Å². The molecule has 1 aliphatic rings. The van der Waals surface area contributed by atoms with Crippen molar-refractivity contribution in [3.05, 3.63) is 90.0 Å². The molecule has 130 valence electrons. The molecule has 4 heteroatoms. The summed E-state index contributed by atoms with van der Waals surface area (Å²) in [7, 11) is 0. The van der Waals surface area contributed by atoms with Crippen LogP contribution < -0.4 is 9.64 Å². The van der Waals surface area contributed by atoms with Crippen molar-refractivity contribution in [3.63, 3.8) is 0 Å². The number of anilines is 1. The van der Waals surface area contributed by atoms with Crippen LogP contribution in [-0.2, 0) is 4.79 Å². The molecule has 26 heavy (non-hydrogen) atoms. The number of carbonyl (C=O) groups excluding carboxylic acids is 1. The molecule has 0 aromatic heterocycles. The Hall–Kier alpha value is -2.72. The summed E-state index contributed by atoms with van der Waals surface area (Å²) in [5.41, 5.74) is 3.20. The minimum Gasteiger partial charge on any atom is -0.457 e. The van der Waals surface area contributed by atoms with Gasteiger partial charge in [-0.2, -0.15) is 0 Å². The molecular formula is C22H19NO2S. The Morgan fingerprint density at radius 3 is 2.38 bits per heavy atom. The molecule has 3 aromatic rings. The van der Waals surface area contributed by atoms with E-state index in [2.05, 4.69) is 6.07 Å². The van der Waals surface area contributed by atoms with Crippen LogP contribution in [0.5, 0.6) is 11.5 Å². The maximum Gasteiger partial charge on any atom is 0.238 e. The largest absolute Gasteiger partial charge is 0.457 e. The van der Waals surface area contributed by atoms with Crippen LogP contribution in [0, 0.1) is 6.92 Å². The Bertz CT molecular complexity index is 909. The molecule has 1 heterocycles. The first-order valence-electron chi connectivity index (χ1n) is 8.54. The second-order valence-electron chi connectivity index (χ2n) is 6.25. The third kappa shape index (κ3) is 3.46. The number of ether oxygens (including phenoxy) is 1. The fraction of sp³-hybridized carbons (Fsp3) is 0.136. The smallest absolute Gasteiger partial charge is 0.238 e. The van der Waals surface area contributed by atoms with Gasteiger partial charge in [0.15, 0.2) is 0 Å². The Morgan fingerprint density at radius 2 is 1.65 bits per heavy atom. The average Bonchev–Trinajstić information content (AvgIpc) is 3.05. The average molecular weight is 361 g/mol. The number of benzene rings is 3. The summed E-state index contributed by atoms with van der Waals surface area (Å²) in [5, 5.41) is -0.00456. The number of amides is 1. The Morgan fingerprint density at radius 1 is 0.923 bits per heavy atom. The predicted molar refractivity (Wildman–Crippen MR) is 107 cm³/mol. The zero-order valence-corrected chi connectivity index (χ0v) is 15.3. The number of nitrogens with zero attached hydrogens (tertiary/aromatic N) is 1. The number of thioether (sulfide) groups is 1. The Labute approximate surface area is 157 Å². The number of hydrogen-bond donors (Lipinski definition) is 0. The quantitative estimate of drug-likeness (QED) is 0.609. The van der Waals surface area contributed by atoms with Gasteiger partial charge in [0, 0.05) is 5.69 Å². The van der Waals surface area contributed by atoms with E-state index in [1.165, 1.54) is 0 Å². The van der Waals surface area contributed by atoms with Crippen molar-refractivity contribution in [2.45, 2.75) is 12.3 Å². The lowest BCUT2D eigenvalue weighted by atomic mass is 10.1. The Balaban J connectivity index is 1.57. The number of hydrogen-bond acceptors (Lipinski definition) is 3. The lowest BCUT2D eigenvalue weighted by Gasteiger charge is -2.24. The highest BCUT2D eigenvalue weighted by molar-refractivity contribution is 8.00. The number of rotatable bonds is 4. The SMILES string of the molecule is Cc1cccc(N2C(=O)CS[C@H]2c2ccc(Oc3ccccc3)cc2)c1. The predicted octanol–water partition coefficient (Wildman–Crippen LogP) is 5.57. The van der Waals surface area contributed by atoms with Gasteiger partial charge in [-0.15, -0.1) is 11.8 Å². The molecule has 1 aliphatic heterocycles. The van der Waals surface area contributed by atoms with Crippen LogP contribution in [0.2, 0.25) is 0 Å². The topological polar surface area (TPSA) is 29.5 Å². The van der Waals surface area contributed by atoms with Gasteiger partial charge < -0.3 is 4.74 Å². The van der Waals surface area contributed by atoms with E-state index < -0.39 is 0 Å².